The molecule has 0 spiro atoms. The van der Waals surface area contributed by atoms with E-state index in [0.717, 1.165) is 0 Å². The standard InChI is InChI=1S/C22H14ClF2N3O/c23-14-5-11-17(12-6-14)28-21(22(29)26-16-9-7-15(24)8-10-16)13-20(27-28)18-3-1-2-4-19(18)25/h1-13H,(H,26,29). The van der Waals surface area contributed by atoms with Crippen LogP contribution in [0.3, 0.4) is 0 Å². The van der Waals surface area contributed by atoms with Crippen LogP contribution in [0.15, 0.2) is 78.9 Å². The molecule has 1 N–H and O–H groups in total. The summed E-state index contributed by atoms with van der Waals surface area (Å²) in [6.45, 7) is 0. The Balaban J connectivity index is 1.78. The molecule has 0 bridgehead atoms. The molecule has 144 valence electrons. The highest BCUT2D eigenvalue weighted by Gasteiger charge is 2.19. The number of amides is 1. The van der Waals surface area contributed by atoms with Gasteiger partial charge >= 0.3 is 0 Å². The van der Waals surface area contributed by atoms with Crippen LogP contribution in [-0.2, 0) is 0 Å². The Labute approximate surface area is 170 Å². The summed E-state index contributed by atoms with van der Waals surface area (Å²) < 4.78 is 28.8. The van der Waals surface area contributed by atoms with E-state index >= 15 is 0 Å². The van der Waals surface area contributed by atoms with Gasteiger partial charge in [0.05, 0.1) is 11.4 Å². The molecule has 0 aliphatic rings. The summed E-state index contributed by atoms with van der Waals surface area (Å²) in [6, 6.07) is 19.8. The van der Waals surface area contributed by atoms with Crippen molar-refractivity contribution in [3.63, 3.8) is 0 Å². The van der Waals surface area contributed by atoms with Gasteiger partial charge in [-0.15, -0.1) is 0 Å². The minimum absolute atomic E-state index is 0.190. The molecule has 4 rings (SSSR count). The molecule has 1 heterocycles. The normalized spacial score (nSPS) is 10.7. The highest BCUT2D eigenvalue weighted by atomic mass is 35.5. The fourth-order valence-electron chi connectivity index (χ4n) is 2.85. The summed E-state index contributed by atoms with van der Waals surface area (Å²) in [5.41, 5.74) is 1.78. The number of rotatable bonds is 4. The first-order valence-corrected chi connectivity index (χ1v) is 9.07. The Kier molecular flexibility index (Phi) is 5.10. The molecular formula is C22H14ClF2N3O. The van der Waals surface area contributed by atoms with Crippen molar-refractivity contribution in [2.75, 3.05) is 5.32 Å². The van der Waals surface area contributed by atoms with Crippen LogP contribution in [0.5, 0.6) is 0 Å². The topological polar surface area (TPSA) is 46.9 Å². The Morgan fingerprint density at radius 2 is 1.62 bits per heavy atom. The predicted octanol–water partition coefficient (Wildman–Crippen LogP) is 5.72. The van der Waals surface area contributed by atoms with Crippen molar-refractivity contribution in [1.82, 2.24) is 9.78 Å². The summed E-state index contributed by atoms with van der Waals surface area (Å²) in [5.74, 6) is -1.32. The first-order valence-electron chi connectivity index (χ1n) is 8.69. The molecule has 0 fully saturated rings. The lowest BCUT2D eigenvalue weighted by Crippen LogP contribution is -2.16. The van der Waals surface area contributed by atoms with Crippen molar-refractivity contribution >= 4 is 23.2 Å². The molecule has 0 aliphatic carbocycles. The van der Waals surface area contributed by atoms with E-state index in [-0.39, 0.29) is 11.3 Å². The van der Waals surface area contributed by atoms with Crippen LogP contribution in [0.25, 0.3) is 16.9 Å². The molecule has 7 heteroatoms. The van der Waals surface area contributed by atoms with Gasteiger partial charge in [-0.1, -0.05) is 23.7 Å². The monoisotopic (exact) mass is 409 g/mol. The minimum atomic E-state index is -0.471. The number of benzene rings is 3. The van der Waals surface area contributed by atoms with E-state index in [1.807, 2.05) is 0 Å². The number of aromatic nitrogens is 2. The van der Waals surface area contributed by atoms with Gasteiger partial charge in [0.1, 0.15) is 17.3 Å². The molecular weight excluding hydrogens is 396 g/mol. The second kappa shape index (κ2) is 7.85. The third-order valence-electron chi connectivity index (χ3n) is 4.27. The van der Waals surface area contributed by atoms with E-state index in [2.05, 4.69) is 10.4 Å². The van der Waals surface area contributed by atoms with Gasteiger partial charge in [-0.3, -0.25) is 4.79 Å². The third-order valence-corrected chi connectivity index (χ3v) is 4.52. The maximum atomic E-state index is 14.3. The maximum absolute atomic E-state index is 14.3. The van der Waals surface area contributed by atoms with Crippen LogP contribution in [0.4, 0.5) is 14.5 Å². The van der Waals surface area contributed by atoms with Crippen molar-refractivity contribution in [3.8, 4) is 16.9 Å². The summed E-state index contributed by atoms with van der Waals surface area (Å²) >= 11 is 5.95. The molecule has 0 saturated carbocycles. The van der Waals surface area contributed by atoms with Gasteiger partial charge in [0, 0.05) is 16.3 Å². The van der Waals surface area contributed by atoms with Crippen LogP contribution in [-0.4, -0.2) is 15.7 Å². The van der Waals surface area contributed by atoms with Gasteiger partial charge in [-0.2, -0.15) is 5.10 Å². The number of hydrogen-bond acceptors (Lipinski definition) is 2. The van der Waals surface area contributed by atoms with Gasteiger partial charge < -0.3 is 5.32 Å². The average Bonchev–Trinajstić information content (AvgIpc) is 3.16. The Bertz CT molecular complexity index is 1170. The smallest absolute Gasteiger partial charge is 0.274 e. The second-order valence-electron chi connectivity index (χ2n) is 6.24. The number of carbonyl (C=O) groups excluding carboxylic acids is 1. The van der Waals surface area contributed by atoms with E-state index < -0.39 is 17.5 Å². The average molecular weight is 410 g/mol. The largest absolute Gasteiger partial charge is 0.321 e. The summed E-state index contributed by atoms with van der Waals surface area (Å²) in [4.78, 5) is 12.9. The molecule has 29 heavy (non-hydrogen) atoms. The highest BCUT2D eigenvalue weighted by molar-refractivity contribution is 6.30. The van der Waals surface area contributed by atoms with Crippen molar-refractivity contribution in [2.45, 2.75) is 0 Å². The van der Waals surface area contributed by atoms with Crippen molar-refractivity contribution in [2.24, 2.45) is 0 Å². The molecule has 1 amide bonds. The lowest BCUT2D eigenvalue weighted by molar-refractivity contribution is 0.101. The lowest BCUT2D eigenvalue weighted by atomic mass is 10.1. The zero-order chi connectivity index (χ0) is 20.4. The van der Waals surface area contributed by atoms with Gasteiger partial charge in [0.15, 0.2) is 0 Å². The maximum Gasteiger partial charge on any atom is 0.274 e. The van der Waals surface area contributed by atoms with E-state index in [1.165, 1.54) is 41.1 Å². The van der Waals surface area contributed by atoms with Crippen molar-refractivity contribution < 1.29 is 13.6 Å². The van der Waals surface area contributed by atoms with Crippen LogP contribution in [0.2, 0.25) is 5.02 Å². The van der Waals surface area contributed by atoms with Crippen LogP contribution in [0, 0.1) is 11.6 Å². The van der Waals surface area contributed by atoms with Gasteiger partial charge in [0.25, 0.3) is 5.91 Å². The van der Waals surface area contributed by atoms with Crippen LogP contribution >= 0.6 is 11.6 Å². The van der Waals surface area contributed by atoms with Gasteiger partial charge in [-0.05, 0) is 66.7 Å². The van der Waals surface area contributed by atoms with E-state index in [0.29, 0.717) is 22.1 Å². The zero-order valence-electron chi connectivity index (χ0n) is 14.9. The first kappa shape index (κ1) is 18.8. The number of anilines is 1. The van der Waals surface area contributed by atoms with Crippen LogP contribution in [0.1, 0.15) is 10.5 Å². The minimum Gasteiger partial charge on any atom is -0.321 e. The molecule has 4 nitrogen and oxygen atoms in total. The summed E-state index contributed by atoms with van der Waals surface area (Å²) in [6.07, 6.45) is 0. The molecule has 0 atom stereocenters. The Hall–Kier alpha value is -3.51. The first-order chi connectivity index (χ1) is 14.0. The summed E-state index contributed by atoms with van der Waals surface area (Å²) in [5, 5.41) is 7.67. The second-order valence-corrected chi connectivity index (χ2v) is 6.68. The quantitative estimate of drug-likeness (QED) is 0.468. The molecule has 0 aliphatic heterocycles. The van der Waals surface area contributed by atoms with Gasteiger partial charge in [-0.25, -0.2) is 13.5 Å². The fourth-order valence-corrected chi connectivity index (χ4v) is 2.98. The van der Waals surface area contributed by atoms with Gasteiger partial charge in [0.2, 0.25) is 0 Å². The lowest BCUT2D eigenvalue weighted by Gasteiger charge is -2.08. The molecule has 1 aromatic heterocycles. The predicted molar refractivity (Wildman–Crippen MR) is 108 cm³/mol. The number of nitrogens with zero attached hydrogens (tertiary/aromatic N) is 2. The molecule has 0 unspecified atom stereocenters. The van der Waals surface area contributed by atoms with Crippen molar-refractivity contribution in [1.29, 1.82) is 0 Å². The fraction of sp³-hybridized carbons (Fsp3) is 0. The molecule has 3 aromatic carbocycles. The molecule has 0 saturated heterocycles. The van der Waals surface area contributed by atoms with E-state index in [9.17, 15) is 13.6 Å². The van der Waals surface area contributed by atoms with E-state index in [4.69, 9.17) is 11.6 Å². The molecule has 4 aromatic rings. The number of nitrogens with one attached hydrogen (secondary N) is 1. The van der Waals surface area contributed by atoms with Crippen LogP contribution < -0.4 is 5.32 Å². The summed E-state index contributed by atoms with van der Waals surface area (Å²) in [7, 11) is 0. The van der Waals surface area contributed by atoms with Crippen molar-refractivity contribution in [3.05, 3.63) is 101 Å². The third kappa shape index (κ3) is 4.02. The molecule has 0 radical (unpaired) electrons. The number of halogens is 3. The Morgan fingerprint density at radius 3 is 2.31 bits per heavy atom. The SMILES string of the molecule is O=C(Nc1ccc(F)cc1)c1cc(-c2ccccc2F)nn1-c1ccc(Cl)cc1. The highest BCUT2D eigenvalue weighted by Crippen LogP contribution is 2.25. The zero-order valence-corrected chi connectivity index (χ0v) is 15.7. The number of hydrogen-bond donors (Lipinski definition) is 1. The Morgan fingerprint density at radius 1 is 0.931 bits per heavy atom. The van der Waals surface area contributed by atoms with E-state index in [1.54, 1.807) is 42.5 Å². The number of carbonyl (C=O) groups is 1.